The average Bonchev–Trinajstić information content (AvgIpc) is 3.24. The molecule has 0 radical (unpaired) electrons. The lowest BCUT2D eigenvalue weighted by Gasteiger charge is -2.08. The van der Waals surface area contributed by atoms with Crippen molar-refractivity contribution in [1.29, 1.82) is 0 Å². The molecule has 1 amide bonds. The second kappa shape index (κ2) is 8.40. The maximum atomic E-state index is 13.0. The molecule has 0 saturated heterocycles. The highest BCUT2D eigenvalue weighted by Gasteiger charge is 2.26. The third-order valence-corrected chi connectivity index (χ3v) is 7.49. The van der Waals surface area contributed by atoms with Crippen molar-refractivity contribution >= 4 is 72.8 Å². The summed E-state index contributed by atoms with van der Waals surface area (Å²) in [5.41, 5.74) is 1.76. The van der Waals surface area contributed by atoms with Gasteiger partial charge in [-0.3, -0.25) is 4.79 Å². The first-order valence-electron chi connectivity index (χ1n) is 8.86. The Morgan fingerprint density at radius 1 is 1.03 bits per heavy atom. The van der Waals surface area contributed by atoms with E-state index in [1.54, 1.807) is 12.1 Å². The minimum atomic E-state index is -0.535. The predicted octanol–water partition coefficient (Wildman–Crippen LogP) is 7.28. The van der Waals surface area contributed by atoms with E-state index < -0.39 is 5.97 Å². The summed E-state index contributed by atoms with van der Waals surface area (Å²) in [4.78, 5) is 26.9. The van der Waals surface area contributed by atoms with Crippen LogP contribution in [0.15, 0.2) is 48.5 Å². The third kappa shape index (κ3) is 3.72. The Morgan fingerprint density at radius 3 is 2.50 bits per heavy atom. The van der Waals surface area contributed by atoms with Crippen LogP contribution in [-0.4, -0.2) is 19.0 Å². The highest BCUT2D eigenvalue weighted by molar-refractivity contribution is 7.22. The number of nitrogens with one attached hydrogen (secondary N) is 1. The van der Waals surface area contributed by atoms with Crippen LogP contribution in [0, 0.1) is 6.92 Å². The van der Waals surface area contributed by atoms with Crippen LogP contribution < -0.4 is 5.32 Å². The van der Waals surface area contributed by atoms with Crippen molar-refractivity contribution in [2.75, 3.05) is 12.4 Å². The highest BCUT2D eigenvalue weighted by atomic mass is 35.5. The number of halogens is 2. The van der Waals surface area contributed by atoms with Gasteiger partial charge in [0.2, 0.25) is 0 Å². The fraction of sp³-hybridized carbons (Fsp3) is 0.0909. The molecule has 0 aliphatic carbocycles. The summed E-state index contributed by atoms with van der Waals surface area (Å²) in [7, 11) is 1.31. The van der Waals surface area contributed by atoms with Crippen molar-refractivity contribution in [3.05, 3.63) is 73.9 Å². The van der Waals surface area contributed by atoms with E-state index >= 15 is 0 Å². The number of thiophene rings is 2. The zero-order chi connectivity index (χ0) is 21.4. The van der Waals surface area contributed by atoms with Gasteiger partial charge in [0.15, 0.2) is 0 Å². The summed E-state index contributed by atoms with van der Waals surface area (Å²) in [6.45, 7) is 1.88. The lowest BCUT2D eigenvalue weighted by atomic mass is 10.0. The number of ether oxygens (including phenoxy) is 1. The maximum absolute atomic E-state index is 13.0. The van der Waals surface area contributed by atoms with E-state index in [4.69, 9.17) is 27.9 Å². The summed E-state index contributed by atoms with van der Waals surface area (Å²) < 4.78 is 5.92. The van der Waals surface area contributed by atoms with Gasteiger partial charge in [-0.15, -0.1) is 22.7 Å². The number of esters is 1. The number of benzene rings is 2. The Bertz CT molecular complexity index is 1290. The number of rotatable bonds is 4. The fourth-order valence-electron chi connectivity index (χ4n) is 3.24. The van der Waals surface area contributed by atoms with Gasteiger partial charge in [0.25, 0.3) is 5.91 Å². The first-order valence-corrected chi connectivity index (χ1v) is 11.3. The molecule has 2 aromatic heterocycles. The summed E-state index contributed by atoms with van der Waals surface area (Å²) in [5, 5.41) is 5.05. The lowest BCUT2D eigenvalue weighted by Crippen LogP contribution is -2.13. The van der Waals surface area contributed by atoms with E-state index in [0.717, 1.165) is 20.5 Å². The van der Waals surface area contributed by atoms with Crippen LogP contribution in [0.5, 0.6) is 0 Å². The summed E-state index contributed by atoms with van der Waals surface area (Å²) in [6.07, 6.45) is 0. The van der Waals surface area contributed by atoms with Crippen LogP contribution in [0.1, 0.15) is 24.9 Å². The van der Waals surface area contributed by atoms with Crippen LogP contribution in [-0.2, 0) is 4.74 Å². The first kappa shape index (κ1) is 20.9. The molecule has 0 fully saturated rings. The largest absolute Gasteiger partial charge is 0.465 e. The second-order valence-corrected chi connectivity index (χ2v) is 9.53. The van der Waals surface area contributed by atoms with Gasteiger partial charge in [-0.05, 0) is 30.7 Å². The number of hydrogen-bond acceptors (Lipinski definition) is 5. The predicted molar refractivity (Wildman–Crippen MR) is 126 cm³/mol. The fourth-order valence-corrected chi connectivity index (χ4v) is 5.90. The van der Waals surface area contributed by atoms with E-state index in [1.165, 1.54) is 29.8 Å². The normalized spacial score (nSPS) is 10.9. The van der Waals surface area contributed by atoms with Gasteiger partial charge in [0.05, 0.1) is 12.1 Å². The van der Waals surface area contributed by atoms with E-state index in [0.29, 0.717) is 31.1 Å². The molecule has 152 valence electrons. The van der Waals surface area contributed by atoms with Crippen LogP contribution in [0.4, 0.5) is 5.00 Å². The molecule has 0 aliphatic rings. The highest BCUT2D eigenvalue weighted by Crippen LogP contribution is 2.42. The van der Waals surface area contributed by atoms with Crippen molar-refractivity contribution in [1.82, 2.24) is 0 Å². The minimum Gasteiger partial charge on any atom is -0.465 e. The molecule has 0 aliphatic heterocycles. The topological polar surface area (TPSA) is 55.4 Å². The van der Waals surface area contributed by atoms with Crippen molar-refractivity contribution in [2.45, 2.75) is 6.92 Å². The van der Waals surface area contributed by atoms with Gasteiger partial charge in [-0.2, -0.15) is 0 Å². The Hall–Kier alpha value is -2.38. The number of fused-ring (bicyclic) bond motifs is 1. The molecular weight excluding hydrogens is 461 g/mol. The third-order valence-electron chi connectivity index (χ3n) is 4.56. The molecule has 0 atom stereocenters. The van der Waals surface area contributed by atoms with Gasteiger partial charge >= 0.3 is 5.97 Å². The van der Waals surface area contributed by atoms with Gasteiger partial charge in [-0.25, -0.2) is 4.79 Å². The van der Waals surface area contributed by atoms with Crippen LogP contribution >= 0.6 is 45.9 Å². The Kier molecular flexibility index (Phi) is 5.84. The molecule has 0 unspecified atom stereocenters. The van der Waals surface area contributed by atoms with Gasteiger partial charge in [0, 0.05) is 25.5 Å². The Morgan fingerprint density at radius 2 is 1.80 bits per heavy atom. The van der Waals surface area contributed by atoms with Crippen LogP contribution in [0.25, 0.3) is 21.2 Å². The summed E-state index contributed by atoms with van der Waals surface area (Å²) in [6, 6.07) is 14.8. The molecule has 4 rings (SSSR count). The van der Waals surface area contributed by atoms with Crippen molar-refractivity contribution in [2.24, 2.45) is 0 Å². The number of anilines is 1. The molecule has 0 spiro atoms. The average molecular weight is 476 g/mol. The molecule has 0 saturated carbocycles. The van der Waals surface area contributed by atoms with Crippen molar-refractivity contribution < 1.29 is 14.3 Å². The zero-order valence-corrected chi connectivity index (χ0v) is 19.1. The monoisotopic (exact) mass is 475 g/mol. The lowest BCUT2D eigenvalue weighted by molar-refractivity contribution is 0.0603. The number of carbonyl (C=O) groups is 2. The van der Waals surface area contributed by atoms with Gasteiger partial charge < -0.3 is 10.1 Å². The second-order valence-electron chi connectivity index (χ2n) is 6.43. The number of methoxy groups -OCH3 is 1. The molecular formula is C22H15Cl2NO3S2. The summed E-state index contributed by atoms with van der Waals surface area (Å²) >= 11 is 15.2. The maximum Gasteiger partial charge on any atom is 0.341 e. The Balaban J connectivity index is 1.79. The van der Waals surface area contributed by atoms with Gasteiger partial charge in [-0.1, -0.05) is 53.5 Å². The van der Waals surface area contributed by atoms with Crippen LogP contribution in [0.3, 0.4) is 0 Å². The summed E-state index contributed by atoms with van der Waals surface area (Å²) in [5.74, 6) is -0.905. The minimum absolute atomic E-state index is 0.299. The smallest absolute Gasteiger partial charge is 0.341 e. The van der Waals surface area contributed by atoms with E-state index in [9.17, 15) is 9.59 Å². The molecule has 30 heavy (non-hydrogen) atoms. The molecule has 2 heterocycles. The quantitative estimate of drug-likeness (QED) is 0.315. The number of aryl methyl sites for hydroxylation is 1. The number of carbonyl (C=O) groups excluding carboxylic acids is 2. The zero-order valence-electron chi connectivity index (χ0n) is 15.9. The molecule has 4 nitrogen and oxygen atoms in total. The number of hydrogen-bond donors (Lipinski definition) is 1. The SMILES string of the molecule is COC(=O)c1c(NC(=O)c2sc3ccccc3c2Cl)sc(C)c1-c1cccc(Cl)c1. The van der Waals surface area contributed by atoms with Gasteiger partial charge in [0.1, 0.15) is 15.4 Å². The van der Waals surface area contributed by atoms with E-state index in [1.807, 2.05) is 43.3 Å². The molecule has 4 aromatic rings. The number of amides is 1. The first-order chi connectivity index (χ1) is 14.4. The van der Waals surface area contributed by atoms with E-state index in [2.05, 4.69) is 5.32 Å². The molecule has 2 aromatic carbocycles. The molecule has 1 N–H and O–H groups in total. The van der Waals surface area contributed by atoms with Crippen molar-refractivity contribution in [3.8, 4) is 11.1 Å². The molecule has 0 bridgehead atoms. The Labute approximate surface area is 191 Å². The molecule has 8 heteroatoms. The van der Waals surface area contributed by atoms with Crippen LogP contribution in [0.2, 0.25) is 10.0 Å². The standard InChI is InChI=1S/C22H15Cl2NO3S2/c1-11-16(12-6-5-7-13(23)10-12)17(22(27)28-2)21(29-11)25-20(26)19-18(24)14-8-3-4-9-15(14)30-19/h3-10H,1-2H3,(H,25,26). The van der Waals surface area contributed by atoms with E-state index in [-0.39, 0.29) is 5.91 Å². The van der Waals surface area contributed by atoms with Crippen molar-refractivity contribution in [3.63, 3.8) is 0 Å².